The molecule has 34 heavy (non-hydrogen) atoms. The van der Waals surface area contributed by atoms with E-state index in [1.807, 2.05) is 30.3 Å². The molecule has 176 valence electrons. The number of halogens is 1. The molecule has 1 atom stereocenters. The number of fused-ring (bicyclic) bond motifs is 1. The highest BCUT2D eigenvalue weighted by atomic mass is 79.9. The normalized spacial score (nSPS) is 15.6. The zero-order valence-electron chi connectivity index (χ0n) is 19.1. The highest BCUT2D eigenvalue weighted by Gasteiger charge is 2.33. The summed E-state index contributed by atoms with van der Waals surface area (Å²) in [6, 6.07) is 12.4. The van der Waals surface area contributed by atoms with E-state index in [1.165, 1.54) is 11.3 Å². The number of nitrogens with zero attached hydrogens (tertiary/aromatic N) is 2. The first kappa shape index (κ1) is 24.0. The van der Waals surface area contributed by atoms with Gasteiger partial charge < -0.3 is 14.2 Å². The molecular weight excluding hydrogens is 520 g/mol. The van der Waals surface area contributed by atoms with E-state index in [4.69, 9.17) is 14.2 Å². The average molecular weight is 543 g/mol. The van der Waals surface area contributed by atoms with Crippen LogP contribution in [0.25, 0.3) is 6.08 Å². The lowest BCUT2D eigenvalue weighted by atomic mass is 9.96. The fraction of sp³-hybridized carbons (Fsp3) is 0.240. The van der Waals surface area contributed by atoms with Gasteiger partial charge in [-0.2, -0.15) is 0 Å². The summed E-state index contributed by atoms with van der Waals surface area (Å²) in [7, 11) is 3.12. The Labute approximate surface area is 208 Å². The maximum Gasteiger partial charge on any atom is 0.338 e. The summed E-state index contributed by atoms with van der Waals surface area (Å²) >= 11 is 4.81. The van der Waals surface area contributed by atoms with Crippen molar-refractivity contribution in [3.63, 3.8) is 0 Å². The SMILES string of the molecule is CCOC(=O)C1=C(C)N=c2s/c(=C/c3cc(OC)c(OC)cc3Br)c(=O)n2[C@@H]1c1ccccc1. The highest BCUT2D eigenvalue weighted by molar-refractivity contribution is 9.10. The zero-order chi connectivity index (χ0) is 24.4. The summed E-state index contributed by atoms with van der Waals surface area (Å²) in [6.45, 7) is 3.75. The van der Waals surface area contributed by atoms with Crippen LogP contribution in [0.5, 0.6) is 11.5 Å². The minimum atomic E-state index is -0.632. The van der Waals surface area contributed by atoms with Crippen LogP contribution in [0.1, 0.15) is 31.0 Å². The van der Waals surface area contributed by atoms with Crippen LogP contribution in [0.3, 0.4) is 0 Å². The van der Waals surface area contributed by atoms with Crippen LogP contribution in [0.4, 0.5) is 0 Å². The molecule has 0 radical (unpaired) electrons. The van der Waals surface area contributed by atoms with Gasteiger partial charge >= 0.3 is 5.97 Å². The van der Waals surface area contributed by atoms with E-state index in [9.17, 15) is 9.59 Å². The van der Waals surface area contributed by atoms with Crippen molar-refractivity contribution in [2.75, 3.05) is 20.8 Å². The third-order valence-electron chi connectivity index (χ3n) is 5.42. The Bertz CT molecular complexity index is 1460. The zero-order valence-corrected chi connectivity index (χ0v) is 21.5. The summed E-state index contributed by atoms with van der Waals surface area (Å²) in [5.41, 5.74) is 2.21. The minimum absolute atomic E-state index is 0.231. The molecule has 1 aromatic heterocycles. The van der Waals surface area contributed by atoms with Gasteiger partial charge in [0.25, 0.3) is 5.56 Å². The first-order valence-electron chi connectivity index (χ1n) is 10.6. The van der Waals surface area contributed by atoms with Crippen molar-refractivity contribution in [3.05, 3.63) is 89.0 Å². The second-order valence-corrected chi connectivity index (χ2v) is 9.31. The Hall–Kier alpha value is -3.17. The molecule has 7 nitrogen and oxygen atoms in total. The molecule has 0 saturated carbocycles. The number of thiazole rings is 1. The maximum absolute atomic E-state index is 13.7. The molecule has 0 unspecified atom stereocenters. The third kappa shape index (κ3) is 4.33. The van der Waals surface area contributed by atoms with Gasteiger partial charge in [0.05, 0.1) is 42.7 Å². The summed E-state index contributed by atoms with van der Waals surface area (Å²) in [5, 5.41) is 0. The van der Waals surface area contributed by atoms with Gasteiger partial charge in [-0.05, 0) is 43.2 Å². The number of hydrogen-bond donors (Lipinski definition) is 0. The van der Waals surface area contributed by atoms with Gasteiger partial charge in [0.1, 0.15) is 0 Å². The molecule has 1 aliphatic rings. The van der Waals surface area contributed by atoms with Crippen molar-refractivity contribution in [1.82, 2.24) is 4.57 Å². The Morgan fingerprint density at radius 3 is 2.50 bits per heavy atom. The van der Waals surface area contributed by atoms with E-state index in [1.54, 1.807) is 50.8 Å². The van der Waals surface area contributed by atoms with Crippen molar-refractivity contribution in [1.29, 1.82) is 0 Å². The Balaban J connectivity index is 1.95. The lowest BCUT2D eigenvalue weighted by molar-refractivity contribution is -0.139. The van der Waals surface area contributed by atoms with Gasteiger partial charge in [-0.3, -0.25) is 9.36 Å². The van der Waals surface area contributed by atoms with Crippen LogP contribution >= 0.6 is 27.3 Å². The number of carbonyl (C=O) groups excluding carboxylic acids is 1. The van der Waals surface area contributed by atoms with Crippen molar-refractivity contribution in [2.24, 2.45) is 4.99 Å². The van der Waals surface area contributed by atoms with Gasteiger partial charge in [-0.1, -0.05) is 57.6 Å². The Kier molecular flexibility index (Phi) is 7.04. The molecular formula is C25H23BrN2O5S. The van der Waals surface area contributed by atoms with Gasteiger partial charge in [0, 0.05) is 4.47 Å². The van der Waals surface area contributed by atoms with Crippen LogP contribution in [-0.2, 0) is 9.53 Å². The molecule has 2 aromatic carbocycles. The predicted molar refractivity (Wildman–Crippen MR) is 134 cm³/mol. The molecule has 2 heterocycles. The van der Waals surface area contributed by atoms with Crippen molar-refractivity contribution >= 4 is 39.3 Å². The number of allylic oxidation sites excluding steroid dienone is 1. The first-order chi connectivity index (χ1) is 16.4. The smallest absolute Gasteiger partial charge is 0.338 e. The standard InChI is InChI=1S/C25H23BrN2O5S/c1-5-33-24(30)21-14(2)27-25-28(22(21)15-9-7-6-8-10-15)23(29)20(34-25)12-16-11-18(31-3)19(32-4)13-17(16)26/h6-13,22H,5H2,1-4H3/b20-12+/t22-/m1/s1. The molecule has 3 aromatic rings. The number of ether oxygens (including phenoxy) is 3. The molecule has 9 heteroatoms. The molecule has 0 spiro atoms. The lowest BCUT2D eigenvalue weighted by Gasteiger charge is -2.24. The first-order valence-corrected chi connectivity index (χ1v) is 12.2. The van der Waals surface area contributed by atoms with Crippen molar-refractivity contribution < 1.29 is 19.0 Å². The van der Waals surface area contributed by atoms with E-state index in [0.29, 0.717) is 32.1 Å². The van der Waals surface area contributed by atoms with Crippen LogP contribution < -0.4 is 24.4 Å². The molecule has 0 N–H and O–H groups in total. The molecule has 0 saturated heterocycles. The second-order valence-electron chi connectivity index (χ2n) is 7.44. The number of methoxy groups -OCH3 is 2. The van der Waals surface area contributed by atoms with Crippen LogP contribution in [0.15, 0.2) is 68.0 Å². The van der Waals surface area contributed by atoms with Crippen molar-refractivity contribution in [3.8, 4) is 11.5 Å². The van der Waals surface area contributed by atoms with Crippen molar-refractivity contribution in [2.45, 2.75) is 19.9 Å². The lowest BCUT2D eigenvalue weighted by Crippen LogP contribution is -2.39. The number of benzene rings is 2. The summed E-state index contributed by atoms with van der Waals surface area (Å²) in [4.78, 5) is 31.7. The number of hydrogen-bond acceptors (Lipinski definition) is 7. The molecule has 1 aliphatic heterocycles. The largest absolute Gasteiger partial charge is 0.493 e. The van der Waals surface area contributed by atoms with Crippen LogP contribution in [0, 0.1) is 0 Å². The summed E-state index contributed by atoms with van der Waals surface area (Å²) < 4.78 is 18.9. The summed E-state index contributed by atoms with van der Waals surface area (Å²) in [5.74, 6) is 0.647. The number of rotatable bonds is 6. The number of esters is 1. The Morgan fingerprint density at radius 1 is 1.18 bits per heavy atom. The Morgan fingerprint density at radius 2 is 1.85 bits per heavy atom. The molecule has 0 bridgehead atoms. The van der Waals surface area contributed by atoms with Crippen LogP contribution in [-0.4, -0.2) is 31.4 Å². The quantitative estimate of drug-likeness (QED) is 0.445. The minimum Gasteiger partial charge on any atom is -0.493 e. The van der Waals surface area contributed by atoms with E-state index in [2.05, 4.69) is 20.9 Å². The van der Waals surface area contributed by atoms with E-state index >= 15 is 0 Å². The maximum atomic E-state index is 13.7. The average Bonchev–Trinajstić information content (AvgIpc) is 3.14. The topological polar surface area (TPSA) is 79.1 Å². The third-order valence-corrected chi connectivity index (χ3v) is 7.09. The van der Waals surface area contributed by atoms with E-state index < -0.39 is 12.0 Å². The van der Waals surface area contributed by atoms with Gasteiger partial charge in [0.2, 0.25) is 0 Å². The fourth-order valence-electron chi connectivity index (χ4n) is 3.86. The van der Waals surface area contributed by atoms with E-state index in [0.717, 1.165) is 15.6 Å². The second kappa shape index (κ2) is 9.99. The van der Waals surface area contributed by atoms with Gasteiger partial charge in [-0.15, -0.1) is 0 Å². The molecule has 0 amide bonds. The van der Waals surface area contributed by atoms with E-state index in [-0.39, 0.29) is 12.2 Å². The summed E-state index contributed by atoms with van der Waals surface area (Å²) in [6.07, 6.45) is 1.78. The molecule has 0 fully saturated rings. The fourth-order valence-corrected chi connectivity index (χ4v) is 5.34. The van der Waals surface area contributed by atoms with Gasteiger partial charge in [-0.25, -0.2) is 9.79 Å². The monoisotopic (exact) mass is 542 g/mol. The number of carbonyl (C=O) groups is 1. The predicted octanol–water partition coefficient (Wildman–Crippen LogP) is 3.58. The molecule has 0 aliphatic carbocycles. The number of aromatic nitrogens is 1. The highest BCUT2D eigenvalue weighted by Crippen LogP contribution is 2.34. The van der Waals surface area contributed by atoms with Gasteiger partial charge in [0.15, 0.2) is 16.3 Å². The molecule has 4 rings (SSSR count). The van der Waals surface area contributed by atoms with Crippen LogP contribution in [0.2, 0.25) is 0 Å².